The number of hydrogen-bond acceptors (Lipinski definition) is 5. The molecule has 2 fully saturated rings. The summed E-state index contributed by atoms with van der Waals surface area (Å²) in [7, 11) is -3.36. The van der Waals surface area contributed by atoms with Crippen LogP contribution in [0.2, 0.25) is 0 Å². The van der Waals surface area contributed by atoms with Gasteiger partial charge in [-0.05, 0) is 40.9 Å². The van der Waals surface area contributed by atoms with Crippen molar-refractivity contribution in [2.75, 3.05) is 13.1 Å². The minimum atomic E-state index is -3.36. The molecule has 0 unspecified atom stereocenters. The molecule has 0 spiro atoms. The average molecular weight is 389 g/mol. The van der Waals surface area contributed by atoms with Crippen LogP contribution in [-0.4, -0.2) is 40.8 Å². The lowest BCUT2D eigenvalue weighted by atomic mass is 10.2. The minimum Gasteiger partial charge on any atom is -0.247 e. The molecule has 0 aromatic carbocycles. The molecule has 9 heteroatoms. The van der Waals surface area contributed by atoms with Crippen molar-refractivity contribution in [3.63, 3.8) is 0 Å². The molecule has 1 saturated heterocycles. The van der Waals surface area contributed by atoms with Crippen molar-refractivity contribution in [2.45, 2.75) is 29.0 Å². The van der Waals surface area contributed by atoms with Gasteiger partial charge in [0.1, 0.15) is 4.21 Å². The molecule has 0 amide bonds. The predicted octanol–water partition coefficient (Wildman–Crippen LogP) is 2.23. The van der Waals surface area contributed by atoms with Crippen LogP contribution in [0.15, 0.2) is 26.3 Å². The lowest BCUT2D eigenvalue weighted by Crippen LogP contribution is -2.50. The van der Waals surface area contributed by atoms with E-state index in [1.54, 1.807) is 12.1 Å². The summed E-state index contributed by atoms with van der Waals surface area (Å²) in [5.41, 5.74) is 1.04. The summed E-state index contributed by atoms with van der Waals surface area (Å²) >= 11 is 4.54. The Balaban J connectivity index is 1.46. The number of rotatable bonds is 4. The van der Waals surface area contributed by atoms with E-state index in [9.17, 15) is 8.42 Å². The fraction of sp³-hybridized carbons (Fsp3) is 0.500. The fourth-order valence-corrected chi connectivity index (χ4v) is 6.06. The van der Waals surface area contributed by atoms with E-state index in [2.05, 4.69) is 26.2 Å². The monoisotopic (exact) mass is 388 g/mol. The molecule has 1 aliphatic heterocycles. The molecule has 2 aromatic heterocycles. The van der Waals surface area contributed by atoms with Crippen LogP contribution in [0.1, 0.15) is 30.5 Å². The molecule has 4 rings (SSSR count). The van der Waals surface area contributed by atoms with E-state index in [1.807, 2.05) is 10.9 Å². The smallest absolute Gasteiger partial charge is 0.247 e. The molecule has 21 heavy (non-hydrogen) atoms. The largest absolute Gasteiger partial charge is 0.252 e. The van der Waals surface area contributed by atoms with Crippen molar-refractivity contribution in [1.82, 2.24) is 19.3 Å². The minimum absolute atomic E-state index is 0.100. The lowest BCUT2D eigenvalue weighted by Gasteiger charge is -2.37. The summed E-state index contributed by atoms with van der Waals surface area (Å²) < 4.78 is 29.3. The van der Waals surface area contributed by atoms with Crippen LogP contribution in [-0.2, 0) is 10.0 Å². The topological polar surface area (TPSA) is 68.1 Å². The van der Waals surface area contributed by atoms with Crippen LogP contribution in [0.5, 0.6) is 0 Å². The first-order chi connectivity index (χ1) is 10.0. The van der Waals surface area contributed by atoms with Crippen molar-refractivity contribution in [3.05, 3.63) is 27.8 Å². The summed E-state index contributed by atoms with van der Waals surface area (Å²) in [5.74, 6) is 0.571. The van der Waals surface area contributed by atoms with Gasteiger partial charge >= 0.3 is 0 Å². The Bertz CT molecular complexity index is 775. The Morgan fingerprint density at radius 1 is 1.29 bits per heavy atom. The van der Waals surface area contributed by atoms with E-state index in [4.69, 9.17) is 0 Å². The molecule has 0 N–H and O–H groups in total. The van der Waals surface area contributed by atoms with E-state index in [1.165, 1.54) is 28.5 Å². The van der Waals surface area contributed by atoms with Crippen LogP contribution in [0.4, 0.5) is 0 Å². The van der Waals surface area contributed by atoms with Crippen LogP contribution >= 0.6 is 27.3 Å². The van der Waals surface area contributed by atoms with Gasteiger partial charge in [0.15, 0.2) is 0 Å². The predicted molar refractivity (Wildman–Crippen MR) is 81.8 cm³/mol. The highest BCUT2D eigenvalue weighted by Crippen LogP contribution is 2.39. The van der Waals surface area contributed by atoms with Gasteiger partial charge in [-0.1, -0.05) is 5.21 Å². The summed E-state index contributed by atoms with van der Waals surface area (Å²) in [4.78, 5) is 0. The van der Waals surface area contributed by atoms with Crippen molar-refractivity contribution >= 4 is 37.3 Å². The zero-order valence-corrected chi connectivity index (χ0v) is 14.2. The first kappa shape index (κ1) is 13.9. The third kappa shape index (κ3) is 2.45. The van der Waals surface area contributed by atoms with Crippen LogP contribution < -0.4 is 0 Å². The summed E-state index contributed by atoms with van der Waals surface area (Å²) in [6.07, 6.45) is 4.35. The van der Waals surface area contributed by atoms with Crippen molar-refractivity contribution in [2.24, 2.45) is 0 Å². The molecule has 2 aliphatic rings. The zero-order valence-electron chi connectivity index (χ0n) is 11.0. The number of nitrogens with zero attached hydrogens (tertiary/aromatic N) is 4. The number of aromatic nitrogens is 3. The Morgan fingerprint density at radius 3 is 2.67 bits per heavy atom. The maximum Gasteiger partial charge on any atom is 0.252 e. The average Bonchev–Trinajstić information content (AvgIpc) is 2.95. The van der Waals surface area contributed by atoms with Crippen molar-refractivity contribution in [3.8, 4) is 0 Å². The Kier molecular flexibility index (Phi) is 3.21. The molecule has 1 aliphatic carbocycles. The molecule has 2 aromatic rings. The van der Waals surface area contributed by atoms with E-state index in [-0.39, 0.29) is 6.04 Å². The van der Waals surface area contributed by atoms with Gasteiger partial charge in [-0.25, -0.2) is 13.1 Å². The number of thiophene rings is 1. The van der Waals surface area contributed by atoms with Crippen molar-refractivity contribution in [1.29, 1.82) is 0 Å². The zero-order chi connectivity index (χ0) is 14.6. The second kappa shape index (κ2) is 4.87. The molecule has 1 saturated carbocycles. The lowest BCUT2D eigenvalue weighted by molar-refractivity contribution is 0.189. The number of halogens is 1. The van der Waals surface area contributed by atoms with E-state index in [0.717, 1.165) is 9.48 Å². The summed E-state index contributed by atoms with van der Waals surface area (Å²) in [5, 5.41) is 8.30. The Labute approximate surface area is 134 Å². The van der Waals surface area contributed by atoms with Gasteiger partial charge < -0.3 is 0 Å². The van der Waals surface area contributed by atoms with Gasteiger partial charge in [-0.3, -0.25) is 0 Å². The molecular weight excluding hydrogens is 376 g/mol. The Morgan fingerprint density at radius 2 is 2.05 bits per heavy atom. The van der Waals surface area contributed by atoms with Gasteiger partial charge in [0.25, 0.3) is 10.0 Å². The van der Waals surface area contributed by atoms with Gasteiger partial charge in [0, 0.05) is 25.2 Å². The second-order valence-corrected chi connectivity index (χ2v) is 10.1. The van der Waals surface area contributed by atoms with E-state index in [0.29, 0.717) is 23.2 Å². The van der Waals surface area contributed by atoms with Gasteiger partial charge in [-0.15, -0.1) is 16.4 Å². The molecule has 6 nitrogen and oxygen atoms in total. The molecule has 0 radical (unpaired) electrons. The van der Waals surface area contributed by atoms with Gasteiger partial charge in [0.05, 0.1) is 15.5 Å². The highest BCUT2D eigenvalue weighted by molar-refractivity contribution is 9.11. The highest BCUT2D eigenvalue weighted by Gasteiger charge is 2.39. The molecule has 0 bridgehead atoms. The quantitative estimate of drug-likeness (QED) is 0.804. The molecule has 0 atom stereocenters. The first-order valence-electron chi connectivity index (χ1n) is 6.71. The van der Waals surface area contributed by atoms with Crippen LogP contribution in [0, 0.1) is 0 Å². The fourth-order valence-electron chi connectivity index (χ4n) is 2.38. The number of sulfonamides is 1. The number of hydrogen-bond donors (Lipinski definition) is 0. The van der Waals surface area contributed by atoms with Gasteiger partial charge in [-0.2, -0.15) is 4.31 Å². The maximum atomic E-state index is 12.4. The third-order valence-electron chi connectivity index (χ3n) is 3.87. The normalized spacial score (nSPS) is 20.6. The van der Waals surface area contributed by atoms with Crippen LogP contribution in [0.25, 0.3) is 0 Å². The maximum absolute atomic E-state index is 12.4. The molecule has 3 heterocycles. The molecule has 112 valence electrons. The van der Waals surface area contributed by atoms with E-state index < -0.39 is 10.0 Å². The summed E-state index contributed by atoms with van der Waals surface area (Å²) in [6.45, 7) is 0.927. The van der Waals surface area contributed by atoms with Gasteiger partial charge in [0.2, 0.25) is 0 Å². The SMILES string of the molecule is O=S(=O)(c1ccc(Br)s1)N1CC(n2cc(C3CC3)nn2)C1. The Hall–Kier alpha value is -0.770. The summed E-state index contributed by atoms with van der Waals surface area (Å²) in [6, 6.07) is 3.50. The van der Waals surface area contributed by atoms with E-state index >= 15 is 0 Å². The third-order valence-corrected chi connectivity index (χ3v) is 7.79. The standard InChI is InChI=1S/C12H13BrN4O2S2/c13-11-3-4-12(20-11)21(18,19)16-5-9(6-16)17-7-10(14-15-17)8-1-2-8/h3-4,7-9H,1-2,5-6H2. The van der Waals surface area contributed by atoms with Crippen molar-refractivity contribution < 1.29 is 8.42 Å². The molecular formula is C12H13BrN4O2S2. The second-order valence-electron chi connectivity index (χ2n) is 5.43. The van der Waals surface area contributed by atoms with Crippen LogP contribution in [0.3, 0.4) is 0 Å². The first-order valence-corrected chi connectivity index (χ1v) is 9.76. The highest BCUT2D eigenvalue weighted by atomic mass is 79.9.